The van der Waals surface area contributed by atoms with E-state index in [1.54, 1.807) is 18.2 Å². The van der Waals surface area contributed by atoms with Crippen LogP contribution in [0.1, 0.15) is 18.4 Å². The zero-order valence-corrected chi connectivity index (χ0v) is 16.7. The molecule has 1 atom stereocenters. The van der Waals surface area contributed by atoms with Crippen LogP contribution in [0.4, 0.5) is 5.69 Å². The summed E-state index contributed by atoms with van der Waals surface area (Å²) in [6, 6.07) is 15.7. The molecule has 2 aromatic rings. The van der Waals surface area contributed by atoms with Gasteiger partial charge >= 0.3 is 0 Å². The Hall–Kier alpha value is -1.59. The van der Waals surface area contributed by atoms with Gasteiger partial charge in [-0.05, 0) is 43.5 Å². The number of anilines is 1. The number of rotatable bonds is 7. The molecule has 1 N–H and O–H groups in total. The second-order valence-corrected chi connectivity index (χ2v) is 7.48. The Labute approximate surface area is 170 Å². The third-order valence-electron chi connectivity index (χ3n) is 4.69. The van der Waals surface area contributed by atoms with E-state index in [2.05, 4.69) is 34.5 Å². The van der Waals surface area contributed by atoms with E-state index in [4.69, 9.17) is 27.9 Å². The zero-order chi connectivity index (χ0) is 19.1. The predicted molar refractivity (Wildman–Crippen MR) is 111 cm³/mol. The van der Waals surface area contributed by atoms with Crippen LogP contribution in [0, 0.1) is 0 Å². The van der Waals surface area contributed by atoms with E-state index in [-0.39, 0.29) is 5.91 Å². The third-order valence-corrected chi connectivity index (χ3v) is 5.50. The van der Waals surface area contributed by atoms with Crippen molar-refractivity contribution in [3.63, 3.8) is 0 Å². The molecule has 1 saturated heterocycles. The van der Waals surface area contributed by atoms with Gasteiger partial charge in [0.1, 0.15) is 6.10 Å². The summed E-state index contributed by atoms with van der Waals surface area (Å²) < 4.78 is 5.66. The molecular formula is C21H24Cl2N2O2. The molecule has 1 aliphatic heterocycles. The number of amides is 1. The number of hydrogen-bond donors (Lipinski definition) is 1. The minimum Gasteiger partial charge on any atom is -0.366 e. The SMILES string of the molecule is O=C(Nc1cccc(Cl)c1Cl)[C@@H]1CN(CCCCc2ccccc2)CCO1. The van der Waals surface area contributed by atoms with Crippen molar-refractivity contribution < 1.29 is 9.53 Å². The van der Waals surface area contributed by atoms with Gasteiger partial charge in [0.2, 0.25) is 0 Å². The molecule has 3 rings (SSSR count). The minimum absolute atomic E-state index is 0.187. The molecule has 6 heteroatoms. The molecule has 0 bridgehead atoms. The molecule has 0 spiro atoms. The number of halogens is 2. The summed E-state index contributed by atoms with van der Waals surface area (Å²) >= 11 is 12.1. The van der Waals surface area contributed by atoms with Gasteiger partial charge in [-0.2, -0.15) is 0 Å². The van der Waals surface area contributed by atoms with Crippen LogP contribution in [0.25, 0.3) is 0 Å². The summed E-state index contributed by atoms with van der Waals surface area (Å²) in [6.45, 7) is 2.97. The van der Waals surface area contributed by atoms with Crippen molar-refractivity contribution in [1.82, 2.24) is 4.90 Å². The summed E-state index contributed by atoms with van der Waals surface area (Å²) in [5.41, 5.74) is 1.88. The van der Waals surface area contributed by atoms with Crippen molar-refractivity contribution in [1.29, 1.82) is 0 Å². The molecule has 144 valence electrons. The van der Waals surface area contributed by atoms with E-state index in [0.717, 1.165) is 32.4 Å². The summed E-state index contributed by atoms with van der Waals surface area (Å²) in [4.78, 5) is 14.8. The molecule has 1 aliphatic rings. The molecule has 0 aromatic heterocycles. The number of nitrogens with one attached hydrogen (secondary N) is 1. The molecule has 1 amide bonds. The topological polar surface area (TPSA) is 41.6 Å². The lowest BCUT2D eigenvalue weighted by atomic mass is 10.1. The largest absolute Gasteiger partial charge is 0.366 e. The Morgan fingerprint density at radius 1 is 1.11 bits per heavy atom. The standard InChI is InChI=1S/C21H24Cl2N2O2/c22-17-10-6-11-18(20(17)23)24-21(26)19-15-25(13-14-27-19)12-5-4-9-16-7-2-1-3-8-16/h1-3,6-8,10-11,19H,4-5,9,12-15H2,(H,24,26)/t19-/m0/s1. The van der Waals surface area contributed by atoms with Crippen LogP contribution in [0.3, 0.4) is 0 Å². The highest BCUT2D eigenvalue weighted by atomic mass is 35.5. The first-order valence-electron chi connectivity index (χ1n) is 9.26. The number of ether oxygens (including phenoxy) is 1. The Balaban J connectivity index is 1.44. The molecule has 0 unspecified atom stereocenters. The lowest BCUT2D eigenvalue weighted by Gasteiger charge is -2.32. The van der Waals surface area contributed by atoms with Gasteiger partial charge in [0.25, 0.3) is 5.91 Å². The average Bonchev–Trinajstić information content (AvgIpc) is 2.70. The predicted octanol–water partition coefficient (Wildman–Crippen LogP) is 4.66. The van der Waals surface area contributed by atoms with E-state index in [1.165, 1.54) is 5.56 Å². The Kier molecular flexibility index (Phi) is 7.53. The van der Waals surface area contributed by atoms with Gasteiger partial charge < -0.3 is 10.1 Å². The summed E-state index contributed by atoms with van der Waals surface area (Å²) in [7, 11) is 0. The average molecular weight is 407 g/mol. The van der Waals surface area contributed by atoms with Crippen LogP contribution in [-0.4, -0.2) is 43.2 Å². The van der Waals surface area contributed by atoms with Gasteiger partial charge in [-0.3, -0.25) is 9.69 Å². The Bertz CT molecular complexity index is 755. The smallest absolute Gasteiger partial charge is 0.254 e. The third kappa shape index (κ3) is 5.94. The molecule has 0 aliphatic carbocycles. The first-order valence-corrected chi connectivity index (χ1v) is 10.0. The van der Waals surface area contributed by atoms with E-state index in [1.807, 2.05) is 6.07 Å². The molecule has 0 radical (unpaired) electrons. The fourth-order valence-corrected chi connectivity index (χ4v) is 3.53. The van der Waals surface area contributed by atoms with E-state index < -0.39 is 6.10 Å². The van der Waals surface area contributed by atoms with Crippen molar-refractivity contribution in [2.45, 2.75) is 25.4 Å². The minimum atomic E-state index is -0.497. The molecule has 1 fully saturated rings. The highest BCUT2D eigenvalue weighted by Crippen LogP contribution is 2.29. The highest BCUT2D eigenvalue weighted by molar-refractivity contribution is 6.44. The van der Waals surface area contributed by atoms with Crippen molar-refractivity contribution in [2.75, 3.05) is 31.6 Å². The second-order valence-electron chi connectivity index (χ2n) is 6.69. The zero-order valence-electron chi connectivity index (χ0n) is 15.2. The summed E-state index contributed by atoms with van der Waals surface area (Å²) in [5, 5.41) is 3.59. The maximum absolute atomic E-state index is 12.5. The Morgan fingerprint density at radius 3 is 2.74 bits per heavy atom. The normalized spacial score (nSPS) is 17.6. The van der Waals surface area contributed by atoms with Crippen LogP contribution in [0.2, 0.25) is 10.0 Å². The number of morpholine rings is 1. The van der Waals surface area contributed by atoms with Crippen LogP contribution >= 0.6 is 23.2 Å². The second kappa shape index (κ2) is 10.1. The van der Waals surface area contributed by atoms with Gasteiger partial charge in [-0.25, -0.2) is 0 Å². The number of unbranched alkanes of at least 4 members (excludes halogenated alkanes) is 1. The summed E-state index contributed by atoms with van der Waals surface area (Å²) in [5.74, 6) is -0.187. The van der Waals surface area contributed by atoms with E-state index in [9.17, 15) is 4.79 Å². The summed E-state index contributed by atoms with van der Waals surface area (Å²) in [6.07, 6.45) is 2.82. The number of hydrogen-bond acceptors (Lipinski definition) is 3. The van der Waals surface area contributed by atoms with Crippen LogP contribution in [0.5, 0.6) is 0 Å². The fourth-order valence-electron chi connectivity index (χ4n) is 3.19. The molecule has 27 heavy (non-hydrogen) atoms. The van der Waals surface area contributed by atoms with Gasteiger partial charge in [-0.15, -0.1) is 0 Å². The van der Waals surface area contributed by atoms with Gasteiger partial charge in [0.05, 0.1) is 22.3 Å². The van der Waals surface area contributed by atoms with Gasteiger partial charge in [0.15, 0.2) is 0 Å². The highest BCUT2D eigenvalue weighted by Gasteiger charge is 2.27. The van der Waals surface area contributed by atoms with Crippen molar-refractivity contribution in [3.8, 4) is 0 Å². The maximum atomic E-state index is 12.5. The molecular weight excluding hydrogens is 383 g/mol. The van der Waals surface area contributed by atoms with Crippen molar-refractivity contribution in [2.24, 2.45) is 0 Å². The number of carbonyl (C=O) groups excluding carboxylic acids is 1. The van der Waals surface area contributed by atoms with Gasteiger partial charge in [-0.1, -0.05) is 59.6 Å². The number of aryl methyl sites for hydroxylation is 1. The fraction of sp³-hybridized carbons (Fsp3) is 0.381. The first kappa shape index (κ1) is 20.2. The van der Waals surface area contributed by atoms with Gasteiger partial charge in [0, 0.05) is 13.1 Å². The lowest BCUT2D eigenvalue weighted by Crippen LogP contribution is -2.48. The lowest BCUT2D eigenvalue weighted by molar-refractivity contribution is -0.133. The van der Waals surface area contributed by atoms with Crippen LogP contribution in [-0.2, 0) is 16.0 Å². The number of nitrogens with zero attached hydrogens (tertiary/aromatic N) is 1. The number of benzene rings is 2. The molecule has 1 heterocycles. The van der Waals surface area contributed by atoms with Crippen molar-refractivity contribution in [3.05, 3.63) is 64.1 Å². The number of carbonyl (C=O) groups is 1. The quantitative estimate of drug-likeness (QED) is 0.679. The monoisotopic (exact) mass is 406 g/mol. The first-order chi connectivity index (χ1) is 13.1. The van der Waals surface area contributed by atoms with Crippen molar-refractivity contribution >= 4 is 34.8 Å². The Morgan fingerprint density at radius 2 is 1.93 bits per heavy atom. The molecule has 4 nitrogen and oxygen atoms in total. The van der Waals surface area contributed by atoms with Crippen LogP contribution in [0.15, 0.2) is 48.5 Å². The van der Waals surface area contributed by atoms with E-state index in [0.29, 0.717) is 28.9 Å². The molecule has 2 aromatic carbocycles. The van der Waals surface area contributed by atoms with Crippen LogP contribution < -0.4 is 5.32 Å². The van der Waals surface area contributed by atoms with E-state index >= 15 is 0 Å². The molecule has 0 saturated carbocycles. The maximum Gasteiger partial charge on any atom is 0.254 e.